The summed E-state index contributed by atoms with van der Waals surface area (Å²) in [7, 11) is 0. The molecule has 0 aliphatic carbocycles. The highest BCUT2D eigenvalue weighted by Gasteiger charge is 2.29. The zero-order valence-corrected chi connectivity index (χ0v) is 19.2. The van der Waals surface area contributed by atoms with Crippen molar-refractivity contribution in [3.8, 4) is 0 Å². The lowest BCUT2D eigenvalue weighted by molar-refractivity contribution is -0.146. The molecule has 0 saturated carbocycles. The van der Waals surface area contributed by atoms with Gasteiger partial charge in [-0.3, -0.25) is 29.4 Å². The van der Waals surface area contributed by atoms with Crippen LogP contribution in [0.4, 0.5) is 11.0 Å². The molecule has 1 fully saturated rings. The SMILES string of the molecule is CCOC(=O)c1c(NC(=O)COC(=O)Cc2csc(N3CCCC3=O)n2)oc(C)c1C(C)=O. The topological polar surface area (TPSA) is 145 Å². The quantitative estimate of drug-likeness (QED) is 0.424. The highest BCUT2D eigenvalue weighted by molar-refractivity contribution is 7.14. The summed E-state index contributed by atoms with van der Waals surface area (Å²) in [5, 5.41) is 4.52. The fourth-order valence-corrected chi connectivity index (χ4v) is 4.18. The van der Waals surface area contributed by atoms with Gasteiger partial charge in [-0.25, -0.2) is 9.78 Å². The molecule has 3 rings (SSSR count). The van der Waals surface area contributed by atoms with Gasteiger partial charge in [-0.1, -0.05) is 0 Å². The zero-order chi connectivity index (χ0) is 24.1. The van der Waals surface area contributed by atoms with Crippen LogP contribution < -0.4 is 10.2 Å². The van der Waals surface area contributed by atoms with Gasteiger partial charge >= 0.3 is 11.9 Å². The molecule has 0 atom stereocenters. The van der Waals surface area contributed by atoms with E-state index in [9.17, 15) is 24.0 Å². The van der Waals surface area contributed by atoms with E-state index in [1.807, 2.05) is 0 Å². The smallest absolute Gasteiger partial charge is 0.344 e. The second-order valence-corrected chi connectivity index (χ2v) is 8.01. The number of hydrogen-bond donors (Lipinski definition) is 1. The number of furan rings is 1. The van der Waals surface area contributed by atoms with Gasteiger partial charge in [0.05, 0.1) is 24.3 Å². The van der Waals surface area contributed by atoms with Gasteiger partial charge in [-0.05, 0) is 27.2 Å². The third-order valence-corrected chi connectivity index (χ3v) is 5.61. The Bertz CT molecular complexity index is 1100. The molecule has 0 bridgehead atoms. The third-order valence-electron chi connectivity index (χ3n) is 4.70. The lowest BCUT2D eigenvalue weighted by atomic mass is 10.1. The first-order valence-corrected chi connectivity index (χ1v) is 11.1. The number of aromatic nitrogens is 1. The number of nitrogens with zero attached hydrogens (tertiary/aromatic N) is 2. The molecular formula is C21H23N3O8S. The van der Waals surface area contributed by atoms with Crippen molar-refractivity contribution in [1.29, 1.82) is 0 Å². The van der Waals surface area contributed by atoms with Crippen molar-refractivity contribution < 1.29 is 37.9 Å². The maximum Gasteiger partial charge on any atom is 0.344 e. The minimum atomic E-state index is -0.817. The lowest BCUT2D eigenvalue weighted by Gasteiger charge is -2.10. The Morgan fingerprint density at radius 3 is 2.64 bits per heavy atom. The van der Waals surface area contributed by atoms with E-state index in [-0.39, 0.29) is 41.7 Å². The number of rotatable bonds is 9. The Balaban J connectivity index is 1.58. The van der Waals surface area contributed by atoms with Crippen molar-refractivity contribution >= 4 is 51.9 Å². The highest BCUT2D eigenvalue weighted by Crippen LogP contribution is 2.29. The maximum absolute atomic E-state index is 12.3. The molecule has 0 spiro atoms. The predicted molar refractivity (Wildman–Crippen MR) is 116 cm³/mol. The number of ketones is 1. The van der Waals surface area contributed by atoms with Crippen LogP contribution in [0.5, 0.6) is 0 Å². The number of thiazole rings is 1. The molecule has 1 aliphatic heterocycles. The first-order chi connectivity index (χ1) is 15.7. The van der Waals surface area contributed by atoms with Gasteiger partial charge in [0, 0.05) is 18.3 Å². The first kappa shape index (κ1) is 24.1. The number of carbonyl (C=O) groups is 5. The summed E-state index contributed by atoms with van der Waals surface area (Å²) in [6, 6.07) is 0. The second-order valence-electron chi connectivity index (χ2n) is 7.17. The van der Waals surface area contributed by atoms with Crippen molar-refractivity contribution in [2.24, 2.45) is 0 Å². The minimum Gasteiger partial charge on any atom is -0.462 e. The van der Waals surface area contributed by atoms with Crippen LogP contribution in [0.2, 0.25) is 0 Å². The molecular weight excluding hydrogens is 454 g/mol. The molecule has 2 aromatic heterocycles. The van der Waals surface area contributed by atoms with Crippen molar-refractivity contribution in [3.63, 3.8) is 0 Å². The number of esters is 2. The van der Waals surface area contributed by atoms with Crippen LogP contribution in [0.25, 0.3) is 0 Å². The van der Waals surface area contributed by atoms with Gasteiger partial charge in [0.15, 0.2) is 17.5 Å². The largest absolute Gasteiger partial charge is 0.462 e. The minimum absolute atomic E-state index is 0.00145. The number of nitrogens with one attached hydrogen (secondary N) is 1. The normalized spacial score (nSPS) is 13.2. The van der Waals surface area contributed by atoms with Crippen molar-refractivity contribution in [2.75, 3.05) is 30.0 Å². The van der Waals surface area contributed by atoms with E-state index in [1.165, 1.54) is 25.2 Å². The molecule has 176 valence electrons. The van der Waals surface area contributed by atoms with Crippen LogP contribution in [-0.4, -0.2) is 54.3 Å². The van der Waals surface area contributed by atoms with Crippen LogP contribution >= 0.6 is 11.3 Å². The molecule has 1 saturated heterocycles. The zero-order valence-electron chi connectivity index (χ0n) is 18.4. The molecule has 1 N–H and O–H groups in total. The summed E-state index contributed by atoms with van der Waals surface area (Å²) < 4.78 is 15.3. The number of hydrogen-bond acceptors (Lipinski definition) is 10. The van der Waals surface area contributed by atoms with Gasteiger partial charge < -0.3 is 13.9 Å². The molecule has 0 radical (unpaired) electrons. The third kappa shape index (κ3) is 5.64. The summed E-state index contributed by atoms with van der Waals surface area (Å²) in [5.74, 6) is -2.81. The van der Waals surface area contributed by atoms with E-state index < -0.39 is 30.2 Å². The molecule has 3 heterocycles. The van der Waals surface area contributed by atoms with Gasteiger partial charge in [0.2, 0.25) is 11.8 Å². The number of anilines is 2. The van der Waals surface area contributed by atoms with Crippen LogP contribution in [0.1, 0.15) is 58.9 Å². The predicted octanol–water partition coefficient (Wildman–Crippen LogP) is 2.28. The lowest BCUT2D eigenvalue weighted by Crippen LogP contribution is -2.24. The summed E-state index contributed by atoms with van der Waals surface area (Å²) in [5.41, 5.74) is 0.252. The van der Waals surface area contributed by atoms with Gasteiger partial charge in [0.25, 0.3) is 5.91 Å². The summed E-state index contributed by atoms with van der Waals surface area (Å²) >= 11 is 1.26. The number of aryl methyl sites for hydroxylation is 1. The molecule has 2 amide bonds. The van der Waals surface area contributed by atoms with E-state index in [1.54, 1.807) is 17.2 Å². The summed E-state index contributed by atoms with van der Waals surface area (Å²) in [4.78, 5) is 66.2. The van der Waals surface area contributed by atoms with E-state index in [0.717, 1.165) is 6.42 Å². The number of ether oxygens (including phenoxy) is 2. The van der Waals surface area contributed by atoms with Crippen LogP contribution in [-0.2, 0) is 30.3 Å². The van der Waals surface area contributed by atoms with Crippen LogP contribution in [0, 0.1) is 6.92 Å². The van der Waals surface area contributed by atoms with Crippen molar-refractivity contribution in [3.05, 3.63) is 28.0 Å². The molecule has 0 unspecified atom stereocenters. The first-order valence-electron chi connectivity index (χ1n) is 10.2. The second kappa shape index (κ2) is 10.4. The van der Waals surface area contributed by atoms with E-state index >= 15 is 0 Å². The average Bonchev–Trinajstić information content (AvgIpc) is 3.45. The molecule has 2 aromatic rings. The van der Waals surface area contributed by atoms with Gasteiger partial charge in [-0.15, -0.1) is 11.3 Å². The molecule has 0 aromatic carbocycles. The molecule has 1 aliphatic rings. The van der Waals surface area contributed by atoms with Crippen LogP contribution in [0.3, 0.4) is 0 Å². The van der Waals surface area contributed by atoms with E-state index in [4.69, 9.17) is 13.9 Å². The standard InChI is InChI=1S/C21H23N3O8S/c1-4-30-20(29)18-17(11(2)25)12(3)32-19(18)23-14(26)9-31-16(28)8-13-10-33-21(22-13)24-7-5-6-15(24)27/h10H,4-9H2,1-3H3,(H,23,26). The Labute approximate surface area is 193 Å². The molecule has 33 heavy (non-hydrogen) atoms. The monoisotopic (exact) mass is 477 g/mol. The van der Waals surface area contributed by atoms with Crippen LogP contribution in [0.15, 0.2) is 9.80 Å². The van der Waals surface area contributed by atoms with Gasteiger partial charge in [-0.2, -0.15) is 0 Å². The number of amides is 2. The molecule has 11 nitrogen and oxygen atoms in total. The van der Waals surface area contributed by atoms with E-state index in [0.29, 0.717) is 23.8 Å². The van der Waals surface area contributed by atoms with E-state index in [2.05, 4.69) is 10.3 Å². The summed E-state index contributed by atoms with van der Waals surface area (Å²) in [6.07, 6.45) is 1.08. The summed E-state index contributed by atoms with van der Waals surface area (Å²) in [6.45, 7) is 4.37. The fourth-order valence-electron chi connectivity index (χ4n) is 3.31. The Kier molecular flexibility index (Phi) is 7.59. The maximum atomic E-state index is 12.3. The Morgan fingerprint density at radius 2 is 2.00 bits per heavy atom. The Morgan fingerprint density at radius 1 is 1.24 bits per heavy atom. The molecule has 12 heteroatoms. The number of carbonyl (C=O) groups excluding carboxylic acids is 5. The number of Topliss-reactive ketones (excluding diaryl/α,β-unsaturated/α-hetero) is 1. The van der Waals surface area contributed by atoms with Gasteiger partial charge in [0.1, 0.15) is 11.3 Å². The average molecular weight is 477 g/mol. The highest BCUT2D eigenvalue weighted by atomic mass is 32.1. The fraction of sp³-hybridized carbons (Fsp3) is 0.429. The van der Waals surface area contributed by atoms with Crippen molar-refractivity contribution in [2.45, 2.75) is 40.0 Å². The van der Waals surface area contributed by atoms with Crippen molar-refractivity contribution in [1.82, 2.24) is 4.98 Å². The Hall–Kier alpha value is -3.54.